The standard InChI is InChI=1S/C16H24BrNO/c1-11(2)9-18(10-12(3)4)16(19)14-6-7-15(17)13(5)8-14/h6-8,11-12H,9-10H2,1-5H3. The predicted molar refractivity (Wildman–Crippen MR) is 84.5 cm³/mol. The van der Waals surface area contributed by atoms with E-state index in [1.807, 2.05) is 30.0 Å². The number of aryl methyl sites for hydroxylation is 1. The Balaban J connectivity index is 2.94. The van der Waals surface area contributed by atoms with Crippen molar-refractivity contribution < 1.29 is 4.79 Å². The van der Waals surface area contributed by atoms with Gasteiger partial charge in [0.05, 0.1) is 0 Å². The van der Waals surface area contributed by atoms with Gasteiger partial charge in [0.15, 0.2) is 0 Å². The molecule has 0 aliphatic rings. The molecule has 0 heterocycles. The van der Waals surface area contributed by atoms with Gasteiger partial charge in [0.25, 0.3) is 5.91 Å². The molecule has 0 fully saturated rings. The predicted octanol–water partition coefficient (Wildman–Crippen LogP) is 4.51. The molecule has 0 N–H and O–H groups in total. The Kier molecular flexibility index (Phi) is 6.05. The van der Waals surface area contributed by atoms with E-state index < -0.39 is 0 Å². The zero-order valence-corrected chi connectivity index (χ0v) is 14.1. The van der Waals surface area contributed by atoms with Crippen LogP contribution >= 0.6 is 15.9 Å². The molecule has 0 spiro atoms. The van der Waals surface area contributed by atoms with Crippen LogP contribution in [0.2, 0.25) is 0 Å². The monoisotopic (exact) mass is 325 g/mol. The maximum Gasteiger partial charge on any atom is 0.253 e. The molecular formula is C16H24BrNO. The van der Waals surface area contributed by atoms with E-state index in [0.717, 1.165) is 28.7 Å². The van der Waals surface area contributed by atoms with E-state index in [1.165, 1.54) is 0 Å². The highest BCUT2D eigenvalue weighted by atomic mass is 79.9. The fourth-order valence-corrected chi connectivity index (χ4v) is 2.33. The van der Waals surface area contributed by atoms with Crippen molar-refractivity contribution in [2.75, 3.05) is 13.1 Å². The van der Waals surface area contributed by atoms with Gasteiger partial charge in [-0.25, -0.2) is 0 Å². The number of carbonyl (C=O) groups excluding carboxylic acids is 1. The lowest BCUT2D eigenvalue weighted by Crippen LogP contribution is -2.37. The first kappa shape index (κ1) is 16.2. The summed E-state index contributed by atoms with van der Waals surface area (Å²) < 4.78 is 1.04. The highest BCUT2D eigenvalue weighted by Crippen LogP contribution is 2.19. The molecule has 1 aromatic carbocycles. The van der Waals surface area contributed by atoms with Gasteiger partial charge in [0.1, 0.15) is 0 Å². The molecule has 0 atom stereocenters. The average Bonchev–Trinajstić information content (AvgIpc) is 2.29. The zero-order valence-electron chi connectivity index (χ0n) is 12.5. The highest BCUT2D eigenvalue weighted by Gasteiger charge is 2.18. The second-order valence-corrected chi connectivity index (χ2v) is 6.82. The van der Waals surface area contributed by atoms with Crippen LogP contribution in [0.25, 0.3) is 0 Å². The molecule has 1 aromatic rings. The van der Waals surface area contributed by atoms with Crippen LogP contribution in [-0.2, 0) is 0 Å². The molecule has 0 saturated carbocycles. The number of rotatable bonds is 5. The summed E-state index contributed by atoms with van der Waals surface area (Å²) in [5.74, 6) is 1.11. The van der Waals surface area contributed by atoms with Crippen LogP contribution < -0.4 is 0 Å². The van der Waals surface area contributed by atoms with Crippen molar-refractivity contribution in [1.82, 2.24) is 4.90 Å². The number of nitrogens with zero attached hydrogens (tertiary/aromatic N) is 1. The van der Waals surface area contributed by atoms with E-state index in [9.17, 15) is 4.79 Å². The van der Waals surface area contributed by atoms with Crippen molar-refractivity contribution in [2.45, 2.75) is 34.6 Å². The highest BCUT2D eigenvalue weighted by molar-refractivity contribution is 9.10. The van der Waals surface area contributed by atoms with Crippen molar-refractivity contribution in [2.24, 2.45) is 11.8 Å². The summed E-state index contributed by atoms with van der Waals surface area (Å²) >= 11 is 3.47. The largest absolute Gasteiger partial charge is 0.338 e. The SMILES string of the molecule is Cc1cc(C(=O)N(CC(C)C)CC(C)C)ccc1Br. The molecule has 2 nitrogen and oxygen atoms in total. The van der Waals surface area contributed by atoms with E-state index in [4.69, 9.17) is 0 Å². The molecule has 3 heteroatoms. The van der Waals surface area contributed by atoms with Crippen molar-refractivity contribution in [1.29, 1.82) is 0 Å². The molecule has 0 unspecified atom stereocenters. The van der Waals surface area contributed by atoms with Crippen LogP contribution in [0.4, 0.5) is 0 Å². The Morgan fingerprint density at radius 1 is 1.16 bits per heavy atom. The number of halogens is 1. The molecule has 19 heavy (non-hydrogen) atoms. The van der Waals surface area contributed by atoms with Crippen LogP contribution in [0.15, 0.2) is 22.7 Å². The van der Waals surface area contributed by atoms with Gasteiger partial charge >= 0.3 is 0 Å². The first-order valence-corrected chi connectivity index (χ1v) is 7.66. The number of benzene rings is 1. The molecule has 1 rings (SSSR count). The summed E-state index contributed by atoms with van der Waals surface area (Å²) in [4.78, 5) is 14.6. The Bertz CT molecular complexity index is 430. The third-order valence-corrected chi connectivity index (χ3v) is 3.75. The first-order valence-electron chi connectivity index (χ1n) is 6.86. The summed E-state index contributed by atoms with van der Waals surface area (Å²) in [6, 6.07) is 5.80. The minimum absolute atomic E-state index is 0.137. The Labute approximate surface area is 125 Å². The number of hydrogen-bond acceptors (Lipinski definition) is 1. The van der Waals surface area contributed by atoms with Crippen LogP contribution in [0.1, 0.15) is 43.6 Å². The van der Waals surface area contributed by atoms with Crippen molar-refractivity contribution >= 4 is 21.8 Å². The number of hydrogen-bond donors (Lipinski definition) is 0. The molecule has 0 aliphatic heterocycles. The Hall–Kier alpha value is -0.830. The van der Waals surface area contributed by atoms with Gasteiger partial charge in [-0.3, -0.25) is 4.79 Å². The summed E-state index contributed by atoms with van der Waals surface area (Å²) in [5, 5.41) is 0. The van der Waals surface area contributed by atoms with Gasteiger partial charge in [-0.05, 0) is 42.5 Å². The number of amides is 1. The lowest BCUT2D eigenvalue weighted by atomic mass is 10.1. The minimum atomic E-state index is 0.137. The summed E-state index contributed by atoms with van der Waals surface area (Å²) in [5.41, 5.74) is 1.88. The van der Waals surface area contributed by atoms with Gasteiger partial charge < -0.3 is 4.90 Å². The topological polar surface area (TPSA) is 20.3 Å². The minimum Gasteiger partial charge on any atom is -0.338 e. The Morgan fingerprint density at radius 3 is 2.11 bits per heavy atom. The second kappa shape index (κ2) is 7.09. The molecule has 0 aromatic heterocycles. The third-order valence-electron chi connectivity index (χ3n) is 2.86. The average molecular weight is 326 g/mol. The van der Waals surface area contributed by atoms with Gasteiger partial charge in [0, 0.05) is 23.1 Å². The lowest BCUT2D eigenvalue weighted by Gasteiger charge is -2.26. The third kappa shape index (κ3) is 4.98. The number of carbonyl (C=O) groups is 1. The second-order valence-electron chi connectivity index (χ2n) is 5.96. The van der Waals surface area contributed by atoms with Crippen LogP contribution in [-0.4, -0.2) is 23.9 Å². The van der Waals surface area contributed by atoms with Crippen LogP contribution in [0, 0.1) is 18.8 Å². The van der Waals surface area contributed by atoms with Crippen molar-refractivity contribution in [3.05, 3.63) is 33.8 Å². The zero-order chi connectivity index (χ0) is 14.6. The molecule has 0 bridgehead atoms. The van der Waals surface area contributed by atoms with E-state index in [0.29, 0.717) is 11.8 Å². The Morgan fingerprint density at radius 2 is 1.68 bits per heavy atom. The molecule has 1 amide bonds. The smallest absolute Gasteiger partial charge is 0.253 e. The van der Waals surface area contributed by atoms with Crippen molar-refractivity contribution in [3.8, 4) is 0 Å². The fraction of sp³-hybridized carbons (Fsp3) is 0.562. The molecule has 0 saturated heterocycles. The summed E-state index contributed by atoms with van der Waals surface area (Å²) in [6.45, 7) is 12.2. The van der Waals surface area contributed by atoms with Gasteiger partial charge in [0.2, 0.25) is 0 Å². The normalized spacial score (nSPS) is 11.2. The quantitative estimate of drug-likeness (QED) is 0.779. The molecule has 0 aliphatic carbocycles. The molecule has 106 valence electrons. The van der Waals surface area contributed by atoms with Gasteiger partial charge in [-0.1, -0.05) is 43.6 Å². The maximum atomic E-state index is 12.6. The van der Waals surface area contributed by atoms with Gasteiger partial charge in [-0.2, -0.15) is 0 Å². The van der Waals surface area contributed by atoms with Crippen molar-refractivity contribution in [3.63, 3.8) is 0 Å². The first-order chi connectivity index (χ1) is 8.81. The molecule has 0 radical (unpaired) electrons. The van der Waals surface area contributed by atoms with E-state index in [2.05, 4.69) is 43.6 Å². The lowest BCUT2D eigenvalue weighted by molar-refractivity contribution is 0.0715. The van der Waals surface area contributed by atoms with E-state index >= 15 is 0 Å². The van der Waals surface area contributed by atoms with Crippen LogP contribution in [0.5, 0.6) is 0 Å². The molecular weight excluding hydrogens is 302 g/mol. The van der Waals surface area contributed by atoms with E-state index in [-0.39, 0.29) is 5.91 Å². The summed E-state index contributed by atoms with van der Waals surface area (Å²) in [7, 11) is 0. The summed E-state index contributed by atoms with van der Waals surface area (Å²) in [6.07, 6.45) is 0. The van der Waals surface area contributed by atoms with E-state index in [1.54, 1.807) is 0 Å². The van der Waals surface area contributed by atoms with Crippen LogP contribution in [0.3, 0.4) is 0 Å². The maximum absolute atomic E-state index is 12.6. The fourth-order valence-electron chi connectivity index (χ4n) is 2.08. The van der Waals surface area contributed by atoms with Gasteiger partial charge in [-0.15, -0.1) is 0 Å².